The highest BCUT2D eigenvalue weighted by Crippen LogP contribution is 2.09. The number of rotatable bonds is 4. The molecule has 0 radical (unpaired) electrons. The molecule has 0 aliphatic carbocycles. The van der Waals surface area contributed by atoms with E-state index in [9.17, 15) is 4.79 Å². The zero-order chi connectivity index (χ0) is 12.1. The molecule has 5 heteroatoms. The Morgan fingerprint density at radius 2 is 2.29 bits per heavy atom. The molecule has 2 heterocycles. The minimum absolute atomic E-state index is 0.347. The van der Waals surface area contributed by atoms with Crippen LogP contribution in [-0.4, -0.2) is 22.5 Å². The highest BCUT2D eigenvalue weighted by molar-refractivity contribution is 7.07. The van der Waals surface area contributed by atoms with Gasteiger partial charge in [-0.25, -0.2) is 14.8 Å². The van der Waals surface area contributed by atoms with Crippen molar-refractivity contribution in [2.24, 2.45) is 0 Å². The van der Waals surface area contributed by atoms with Crippen LogP contribution in [0.5, 0.6) is 0 Å². The molecule has 0 saturated heterocycles. The molecule has 88 valence electrons. The fourth-order valence-corrected chi connectivity index (χ4v) is 1.97. The highest BCUT2D eigenvalue weighted by Gasteiger charge is 2.09. The Kier molecular flexibility index (Phi) is 3.82. The maximum absolute atomic E-state index is 11.5. The lowest BCUT2D eigenvalue weighted by molar-refractivity contribution is 0.0519. The third kappa shape index (κ3) is 3.10. The summed E-state index contributed by atoms with van der Waals surface area (Å²) in [4.78, 5) is 19.9. The van der Waals surface area contributed by atoms with E-state index < -0.39 is 0 Å². The van der Waals surface area contributed by atoms with E-state index in [1.54, 1.807) is 35.9 Å². The normalized spacial score (nSPS) is 10.2. The first-order valence-corrected chi connectivity index (χ1v) is 6.24. The fourth-order valence-electron chi connectivity index (χ4n) is 1.41. The van der Waals surface area contributed by atoms with E-state index >= 15 is 0 Å². The summed E-state index contributed by atoms with van der Waals surface area (Å²) in [6.07, 6.45) is 0.636. The number of esters is 1. The minimum atomic E-state index is -0.382. The number of ether oxygens (including phenoxy) is 1. The van der Waals surface area contributed by atoms with Crippen LogP contribution in [0.15, 0.2) is 29.1 Å². The van der Waals surface area contributed by atoms with E-state index in [-0.39, 0.29) is 5.97 Å². The van der Waals surface area contributed by atoms with Gasteiger partial charge < -0.3 is 4.74 Å². The number of hydrogen-bond acceptors (Lipinski definition) is 5. The van der Waals surface area contributed by atoms with Gasteiger partial charge in [0.25, 0.3) is 0 Å². The van der Waals surface area contributed by atoms with Crippen molar-refractivity contribution in [3.63, 3.8) is 0 Å². The number of pyridine rings is 1. The van der Waals surface area contributed by atoms with Crippen LogP contribution in [0.4, 0.5) is 0 Å². The van der Waals surface area contributed by atoms with E-state index in [0.717, 1.165) is 11.4 Å². The average molecular weight is 248 g/mol. The third-order valence-electron chi connectivity index (χ3n) is 2.14. The molecule has 2 aromatic heterocycles. The average Bonchev–Trinajstić information content (AvgIpc) is 2.82. The highest BCUT2D eigenvalue weighted by atomic mass is 32.1. The zero-order valence-corrected chi connectivity index (χ0v) is 10.2. The van der Waals surface area contributed by atoms with Crippen LogP contribution in [0.25, 0.3) is 0 Å². The molecule has 0 bridgehead atoms. The van der Waals surface area contributed by atoms with E-state index in [0.29, 0.717) is 18.7 Å². The van der Waals surface area contributed by atoms with Gasteiger partial charge in [0.15, 0.2) is 0 Å². The topological polar surface area (TPSA) is 52.1 Å². The molecular formula is C12H12N2O2S. The van der Waals surface area contributed by atoms with Gasteiger partial charge in [-0.2, -0.15) is 0 Å². The van der Waals surface area contributed by atoms with Crippen LogP contribution in [0.2, 0.25) is 0 Å². The number of hydrogen-bond donors (Lipinski definition) is 0. The van der Waals surface area contributed by atoms with Gasteiger partial charge in [0.1, 0.15) is 5.69 Å². The van der Waals surface area contributed by atoms with Crippen molar-refractivity contribution in [1.82, 2.24) is 9.97 Å². The first-order chi connectivity index (χ1) is 8.29. The van der Waals surface area contributed by atoms with Crippen LogP contribution in [0, 0.1) is 0 Å². The maximum atomic E-state index is 11.5. The van der Waals surface area contributed by atoms with Crippen molar-refractivity contribution >= 4 is 17.3 Å². The van der Waals surface area contributed by atoms with Crippen molar-refractivity contribution in [1.29, 1.82) is 0 Å². The Labute approximate surface area is 103 Å². The lowest BCUT2D eigenvalue weighted by Gasteiger charge is -2.03. The molecule has 0 fully saturated rings. The molecule has 0 N–H and O–H groups in total. The Balaban J connectivity index is 2.14. The second-order valence-corrected chi connectivity index (χ2v) is 4.11. The molecule has 0 unspecified atom stereocenters. The molecule has 2 rings (SSSR count). The SMILES string of the molecule is CCOC(=O)c1cccc(Cc2cscn2)n1. The summed E-state index contributed by atoms with van der Waals surface area (Å²) in [6, 6.07) is 5.34. The van der Waals surface area contributed by atoms with Crippen molar-refractivity contribution in [3.8, 4) is 0 Å². The van der Waals surface area contributed by atoms with Gasteiger partial charge in [-0.05, 0) is 19.1 Å². The smallest absolute Gasteiger partial charge is 0.356 e. The van der Waals surface area contributed by atoms with E-state index in [1.165, 1.54) is 0 Å². The number of thiazole rings is 1. The van der Waals surface area contributed by atoms with Crippen LogP contribution in [0.1, 0.15) is 28.8 Å². The Hall–Kier alpha value is -1.75. The van der Waals surface area contributed by atoms with Gasteiger partial charge in [0.2, 0.25) is 0 Å². The zero-order valence-electron chi connectivity index (χ0n) is 9.42. The van der Waals surface area contributed by atoms with Crippen molar-refractivity contribution in [3.05, 3.63) is 46.2 Å². The molecule has 0 atom stereocenters. The van der Waals surface area contributed by atoms with Crippen molar-refractivity contribution < 1.29 is 9.53 Å². The van der Waals surface area contributed by atoms with E-state index in [1.807, 2.05) is 11.4 Å². The lowest BCUT2D eigenvalue weighted by Crippen LogP contribution is -2.08. The quantitative estimate of drug-likeness (QED) is 0.779. The van der Waals surface area contributed by atoms with E-state index in [4.69, 9.17) is 4.74 Å². The molecule has 0 saturated carbocycles. The van der Waals surface area contributed by atoms with Gasteiger partial charge in [-0.3, -0.25) is 0 Å². The number of carbonyl (C=O) groups is 1. The van der Waals surface area contributed by atoms with Gasteiger partial charge in [0.05, 0.1) is 17.8 Å². The number of aromatic nitrogens is 2. The summed E-state index contributed by atoms with van der Waals surface area (Å²) >= 11 is 1.55. The summed E-state index contributed by atoms with van der Waals surface area (Å²) in [5.74, 6) is -0.382. The predicted octanol–water partition coefficient (Wildman–Crippen LogP) is 2.31. The monoisotopic (exact) mass is 248 g/mol. The fraction of sp³-hybridized carbons (Fsp3) is 0.250. The summed E-state index contributed by atoms with van der Waals surface area (Å²) in [7, 11) is 0. The lowest BCUT2D eigenvalue weighted by atomic mass is 10.2. The van der Waals surface area contributed by atoms with Crippen LogP contribution < -0.4 is 0 Å². The second-order valence-electron chi connectivity index (χ2n) is 3.39. The molecule has 0 spiro atoms. The number of carbonyl (C=O) groups excluding carboxylic acids is 1. The number of nitrogens with zero attached hydrogens (tertiary/aromatic N) is 2. The first-order valence-electron chi connectivity index (χ1n) is 5.29. The van der Waals surface area contributed by atoms with Gasteiger partial charge >= 0.3 is 5.97 Å². The maximum Gasteiger partial charge on any atom is 0.356 e. The molecule has 17 heavy (non-hydrogen) atoms. The molecule has 4 nitrogen and oxygen atoms in total. The molecule has 0 amide bonds. The second kappa shape index (κ2) is 5.54. The van der Waals surface area contributed by atoms with Crippen LogP contribution >= 0.6 is 11.3 Å². The van der Waals surface area contributed by atoms with Crippen molar-refractivity contribution in [2.75, 3.05) is 6.61 Å². The summed E-state index contributed by atoms with van der Waals surface area (Å²) in [5.41, 5.74) is 3.91. The molecule has 0 aliphatic rings. The molecular weight excluding hydrogens is 236 g/mol. The Morgan fingerprint density at radius 3 is 3.00 bits per heavy atom. The van der Waals surface area contributed by atoms with Gasteiger partial charge in [-0.1, -0.05) is 6.07 Å². The summed E-state index contributed by atoms with van der Waals surface area (Å²) in [6.45, 7) is 2.13. The van der Waals surface area contributed by atoms with Crippen LogP contribution in [-0.2, 0) is 11.2 Å². The molecule has 0 aliphatic heterocycles. The Bertz CT molecular complexity index is 497. The van der Waals surface area contributed by atoms with Crippen LogP contribution in [0.3, 0.4) is 0 Å². The predicted molar refractivity (Wildman–Crippen MR) is 65.1 cm³/mol. The largest absolute Gasteiger partial charge is 0.461 e. The Morgan fingerprint density at radius 1 is 1.41 bits per heavy atom. The molecule has 2 aromatic rings. The van der Waals surface area contributed by atoms with Crippen molar-refractivity contribution in [2.45, 2.75) is 13.3 Å². The summed E-state index contributed by atoms with van der Waals surface area (Å²) < 4.78 is 4.90. The minimum Gasteiger partial charge on any atom is -0.461 e. The standard InChI is InChI=1S/C12H12N2O2S/c1-2-16-12(15)11-5-3-4-9(14-11)6-10-7-17-8-13-10/h3-5,7-8H,2,6H2,1H3. The summed E-state index contributed by atoms with van der Waals surface area (Å²) in [5, 5.41) is 1.97. The third-order valence-corrected chi connectivity index (χ3v) is 2.77. The first kappa shape index (κ1) is 11.7. The molecule has 0 aromatic carbocycles. The van der Waals surface area contributed by atoms with Gasteiger partial charge in [0, 0.05) is 17.5 Å². The van der Waals surface area contributed by atoms with E-state index in [2.05, 4.69) is 9.97 Å². The van der Waals surface area contributed by atoms with Gasteiger partial charge in [-0.15, -0.1) is 11.3 Å².